The van der Waals surface area contributed by atoms with E-state index in [-0.39, 0.29) is 35.7 Å². The van der Waals surface area contributed by atoms with Crippen molar-refractivity contribution in [3.8, 4) is 5.75 Å². The minimum absolute atomic E-state index is 0.00850. The van der Waals surface area contributed by atoms with Gasteiger partial charge in [0.05, 0.1) is 18.7 Å². The van der Waals surface area contributed by atoms with Crippen molar-refractivity contribution in [3.63, 3.8) is 0 Å². The quantitative estimate of drug-likeness (QED) is 0.252. The number of nitrogens with two attached hydrogens (primary N) is 1. The number of carbonyl (C=O) groups excluding carboxylic acids is 2. The monoisotopic (exact) mass is 539 g/mol. The van der Waals surface area contributed by atoms with Gasteiger partial charge in [0.15, 0.2) is 0 Å². The van der Waals surface area contributed by atoms with Crippen molar-refractivity contribution in [2.24, 2.45) is 23.5 Å². The molecule has 5 atom stereocenters. The number of ether oxygens (including phenoxy) is 1. The van der Waals surface area contributed by atoms with E-state index in [1.807, 2.05) is 19.1 Å². The summed E-state index contributed by atoms with van der Waals surface area (Å²) < 4.78 is 5.89. The van der Waals surface area contributed by atoms with Gasteiger partial charge >= 0.3 is 0 Å². The van der Waals surface area contributed by atoms with Crippen LogP contribution in [0.5, 0.6) is 5.75 Å². The lowest BCUT2D eigenvalue weighted by molar-refractivity contribution is -0.129. The molecule has 2 aromatic heterocycles. The summed E-state index contributed by atoms with van der Waals surface area (Å²) >= 11 is 0. The molecule has 0 spiro atoms. The van der Waals surface area contributed by atoms with Crippen LogP contribution in [0.2, 0.25) is 0 Å². The van der Waals surface area contributed by atoms with Crippen LogP contribution in [-0.2, 0) is 17.6 Å². The van der Waals surface area contributed by atoms with E-state index in [9.17, 15) is 9.59 Å². The van der Waals surface area contributed by atoms with Gasteiger partial charge in [-0.3, -0.25) is 14.6 Å². The number of allylic oxidation sites excluding steroid dienone is 1. The number of aromatic nitrogens is 3. The molecule has 3 aromatic rings. The van der Waals surface area contributed by atoms with E-state index < -0.39 is 0 Å². The number of hydrogen-bond acceptors (Lipinski definition) is 8. The molecule has 40 heavy (non-hydrogen) atoms. The highest BCUT2D eigenvalue weighted by molar-refractivity contribution is 5.92. The van der Waals surface area contributed by atoms with E-state index in [2.05, 4.69) is 44.1 Å². The Bertz CT molecular complexity index is 1480. The van der Waals surface area contributed by atoms with Crippen LogP contribution >= 0.6 is 0 Å². The number of aryl methyl sites for hydroxylation is 1. The third kappa shape index (κ3) is 4.74. The van der Waals surface area contributed by atoms with Gasteiger partial charge in [-0.1, -0.05) is 24.3 Å². The largest absolute Gasteiger partial charge is 0.494 e. The van der Waals surface area contributed by atoms with Crippen molar-refractivity contribution in [2.75, 3.05) is 17.7 Å². The van der Waals surface area contributed by atoms with Gasteiger partial charge in [0, 0.05) is 36.0 Å². The van der Waals surface area contributed by atoms with Crippen LogP contribution in [-0.4, -0.2) is 46.0 Å². The van der Waals surface area contributed by atoms with Crippen LogP contribution in [0.1, 0.15) is 40.0 Å². The zero-order valence-electron chi connectivity index (χ0n) is 22.6. The molecule has 1 saturated carbocycles. The molecule has 0 radical (unpaired) electrons. The van der Waals surface area contributed by atoms with Gasteiger partial charge in [-0.15, -0.1) is 0 Å². The van der Waals surface area contributed by atoms with Gasteiger partial charge in [0.25, 0.3) is 5.91 Å². The second kappa shape index (κ2) is 10.6. The van der Waals surface area contributed by atoms with Crippen molar-refractivity contribution >= 4 is 29.3 Å². The fraction of sp³-hybridized carbons (Fsp3) is 0.367. The average molecular weight is 540 g/mol. The molecular weight excluding hydrogens is 506 g/mol. The average Bonchev–Trinajstić information content (AvgIpc) is 3.14. The number of hydrogen-bond donors (Lipinski definition) is 4. The molecule has 10 nitrogen and oxygen atoms in total. The van der Waals surface area contributed by atoms with Crippen LogP contribution in [0.15, 0.2) is 54.9 Å². The topological polar surface area (TPSA) is 144 Å². The fourth-order valence-electron chi connectivity index (χ4n) is 6.14. The summed E-state index contributed by atoms with van der Waals surface area (Å²) in [5.74, 6) is 1.69. The van der Waals surface area contributed by atoms with E-state index in [1.54, 1.807) is 31.6 Å². The molecular formula is C30H33N7O3. The Labute approximate surface area is 232 Å². The Hall–Kier alpha value is -4.47. The van der Waals surface area contributed by atoms with Gasteiger partial charge in [-0.2, -0.15) is 4.98 Å². The molecule has 1 aromatic carbocycles. The van der Waals surface area contributed by atoms with Crippen LogP contribution < -0.4 is 26.4 Å². The lowest BCUT2D eigenvalue weighted by atomic mass is 9.54. The first-order valence-electron chi connectivity index (χ1n) is 13.7. The van der Waals surface area contributed by atoms with Crippen molar-refractivity contribution in [2.45, 2.75) is 44.7 Å². The number of methoxy groups -OCH3 is 1. The van der Waals surface area contributed by atoms with Crippen LogP contribution in [0.25, 0.3) is 0 Å². The lowest BCUT2D eigenvalue weighted by Crippen LogP contribution is -2.61. The summed E-state index contributed by atoms with van der Waals surface area (Å²) in [4.78, 5) is 38.1. The minimum Gasteiger partial charge on any atom is -0.494 e. The third-order valence-electron chi connectivity index (χ3n) is 8.31. The Morgan fingerprint density at radius 2 is 1.95 bits per heavy atom. The molecule has 0 bridgehead atoms. The summed E-state index contributed by atoms with van der Waals surface area (Å²) in [6, 6.07) is 9.31. The van der Waals surface area contributed by atoms with E-state index in [4.69, 9.17) is 15.5 Å². The molecule has 2 heterocycles. The zero-order chi connectivity index (χ0) is 27.8. The second-order valence-corrected chi connectivity index (χ2v) is 10.8. The molecule has 2 amide bonds. The first-order valence-corrected chi connectivity index (χ1v) is 13.7. The standard InChI is InChI=1S/C30H33N7O3/c1-16-15-33-30(37-28(16)36-25-21-11-10-20(21)24(25)27(31)38)35-22-12-9-17-14-18(6-5-7-19(17)26(22)40-2)34-29(39)23-8-3-4-13-32-23/h3-4,8-13,15,18,20-21,24-25H,5-7,14H2,1-2H3,(H2,31,38)(H,34,39)(H2,33,35,36,37)/t18?,20-,21?,24+,25?/m1/s1. The molecule has 0 saturated heterocycles. The number of amides is 2. The van der Waals surface area contributed by atoms with Gasteiger partial charge in [-0.05, 0) is 67.9 Å². The Morgan fingerprint density at radius 3 is 2.67 bits per heavy atom. The molecule has 0 aliphatic heterocycles. The molecule has 1 fully saturated rings. The Morgan fingerprint density at radius 1 is 1.10 bits per heavy atom. The molecule has 10 heteroatoms. The first-order chi connectivity index (χ1) is 19.4. The molecule has 5 N–H and O–H groups in total. The maximum Gasteiger partial charge on any atom is 0.270 e. The molecule has 3 aliphatic carbocycles. The number of anilines is 3. The van der Waals surface area contributed by atoms with Gasteiger partial charge < -0.3 is 26.4 Å². The zero-order valence-corrected chi connectivity index (χ0v) is 22.6. The van der Waals surface area contributed by atoms with Crippen molar-refractivity contribution in [3.05, 3.63) is 77.3 Å². The van der Waals surface area contributed by atoms with E-state index >= 15 is 0 Å². The van der Waals surface area contributed by atoms with Crippen LogP contribution in [0.3, 0.4) is 0 Å². The van der Waals surface area contributed by atoms with E-state index in [1.165, 1.54) is 0 Å². The minimum atomic E-state index is -0.290. The Balaban J connectivity index is 1.19. The summed E-state index contributed by atoms with van der Waals surface area (Å²) in [5.41, 5.74) is 10.00. The lowest BCUT2D eigenvalue weighted by Gasteiger charge is -2.53. The van der Waals surface area contributed by atoms with Crippen molar-refractivity contribution in [1.82, 2.24) is 20.3 Å². The number of nitrogens with one attached hydrogen (secondary N) is 3. The number of pyridine rings is 1. The number of primary amides is 1. The highest BCUT2D eigenvalue weighted by Gasteiger charge is 2.54. The van der Waals surface area contributed by atoms with Gasteiger partial charge in [0.2, 0.25) is 11.9 Å². The fourth-order valence-corrected chi connectivity index (χ4v) is 6.14. The first kappa shape index (κ1) is 25.8. The van der Waals surface area contributed by atoms with Crippen LogP contribution in [0, 0.1) is 24.7 Å². The maximum atomic E-state index is 12.7. The smallest absolute Gasteiger partial charge is 0.270 e. The summed E-state index contributed by atoms with van der Waals surface area (Å²) in [6.07, 6.45) is 10.9. The number of fused-ring (bicyclic) bond motifs is 2. The molecule has 3 aliphatic rings. The SMILES string of the molecule is COc1c(Nc2ncc(C)c(NC3C4C=C[C@H]4[C@@H]3C(N)=O)n2)ccc2c1CCCC(NC(=O)c1ccccn1)C2. The van der Waals surface area contributed by atoms with E-state index in [0.29, 0.717) is 29.8 Å². The summed E-state index contributed by atoms with van der Waals surface area (Å²) in [6.45, 7) is 1.93. The summed E-state index contributed by atoms with van der Waals surface area (Å²) in [7, 11) is 1.66. The molecule has 206 valence electrons. The van der Waals surface area contributed by atoms with Crippen molar-refractivity contribution < 1.29 is 14.3 Å². The number of rotatable bonds is 8. The highest BCUT2D eigenvalue weighted by Crippen LogP contribution is 2.50. The predicted molar refractivity (Wildman–Crippen MR) is 151 cm³/mol. The predicted octanol–water partition coefficient (Wildman–Crippen LogP) is 3.31. The number of nitrogens with zero attached hydrogens (tertiary/aromatic N) is 3. The second-order valence-electron chi connectivity index (χ2n) is 10.8. The number of carbonyl (C=O) groups is 2. The third-order valence-corrected chi connectivity index (χ3v) is 8.31. The number of benzene rings is 1. The Kier molecular flexibility index (Phi) is 6.83. The van der Waals surface area contributed by atoms with E-state index in [0.717, 1.165) is 47.4 Å². The molecule has 3 unspecified atom stereocenters. The highest BCUT2D eigenvalue weighted by atomic mass is 16.5. The summed E-state index contributed by atoms with van der Waals surface area (Å²) in [5, 5.41) is 9.92. The van der Waals surface area contributed by atoms with Gasteiger partial charge in [-0.25, -0.2) is 4.98 Å². The van der Waals surface area contributed by atoms with Crippen molar-refractivity contribution in [1.29, 1.82) is 0 Å². The molecule has 6 rings (SSSR count). The van der Waals surface area contributed by atoms with Gasteiger partial charge in [0.1, 0.15) is 17.3 Å². The normalized spacial score (nSPS) is 24.3. The van der Waals surface area contributed by atoms with Crippen LogP contribution in [0.4, 0.5) is 17.5 Å². The maximum absolute atomic E-state index is 12.7.